The Balaban J connectivity index is 0.000000671. The lowest BCUT2D eigenvalue weighted by atomic mass is 10.5. The number of aryl methyl sites for hydroxylation is 1. The van der Waals surface area contributed by atoms with Gasteiger partial charge in [-0.25, -0.2) is 4.98 Å². The third-order valence-electron chi connectivity index (χ3n) is 1.27. The minimum atomic E-state index is 0.553. The fourth-order valence-corrected chi connectivity index (χ4v) is 1.61. The molecular formula is C8H16IN2OP. The molecule has 76 valence electrons. The molecule has 5 heteroatoms. The van der Waals surface area contributed by atoms with Crippen LogP contribution in [0.3, 0.4) is 0 Å². The van der Waals surface area contributed by atoms with Crippen LogP contribution in [0.5, 0.6) is 0 Å². The minimum absolute atomic E-state index is 0.553. The maximum Gasteiger partial charge on any atom is 0.0950 e. The number of rotatable bonds is 4. The zero-order chi connectivity index (χ0) is 10.1. The highest BCUT2D eigenvalue weighted by Gasteiger charge is 1.91. The van der Waals surface area contributed by atoms with Gasteiger partial charge in [0, 0.05) is 12.7 Å². The largest absolute Gasteiger partial charge is 0.350 e. The lowest BCUT2D eigenvalue weighted by Crippen LogP contribution is -1.99. The van der Waals surface area contributed by atoms with Crippen molar-refractivity contribution in [2.75, 3.05) is 6.61 Å². The second-order valence-corrected chi connectivity index (χ2v) is 3.94. The molecule has 1 aromatic heterocycles. The number of imidazole rings is 1. The second kappa shape index (κ2) is 8.91. The number of hydrogen-bond acceptors (Lipinski definition) is 2. The summed E-state index contributed by atoms with van der Waals surface area (Å²) in [4.78, 5) is 4.10. The molecule has 0 aromatic carbocycles. The summed E-state index contributed by atoms with van der Waals surface area (Å²) >= 11 is 2.22. The van der Waals surface area contributed by atoms with E-state index in [0.29, 0.717) is 6.45 Å². The lowest BCUT2D eigenvalue weighted by Gasteiger charge is -1.99. The van der Waals surface area contributed by atoms with Crippen LogP contribution < -0.4 is 0 Å². The van der Waals surface area contributed by atoms with Gasteiger partial charge in [0.1, 0.15) is 0 Å². The molecule has 0 saturated heterocycles. The minimum Gasteiger partial charge on any atom is -0.350 e. The van der Waals surface area contributed by atoms with E-state index in [1.54, 1.807) is 0 Å². The van der Waals surface area contributed by atoms with E-state index >= 15 is 0 Å². The Bertz CT molecular complexity index is 218. The number of aromatic nitrogens is 2. The highest BCUT2D eigenvalue weighted by Crippen LogP contribution is 2.21. The fourth-order valence-electron chi connectivity index (χ4n) is 0.784. The molecule has 0 saturated carbocycles. The van der Waals surface area contributed by atoms with Gasteiger partial charge in [0.05, 0.1) is 25.1 Å². The molecule has 1 aromatic rings. The summed E-state index contributed by atoms with van der Waals surface area (Å²) in [5.41, 5.74) is 1.06. The Morgan fingerprint density at radius 2 is 2.31 bits per heavy atom. The number of hydrogen-bond donors (Lipinski definition) is 0. The summed E-state index contributed by atoms with van der Waals surface area (Å²) in [6.07, 6.45) is 3.84. The van der Waals surface area contributed by atoms with Crippen LogP contribution in [0.25, 0.3) is 0 Å². The maximum atomic E-state index is 5.21. The summed E-state index contributed by atoms with van der Waals surface area (Å²) < 4.78 is 7.25. The van der Waals surface area contributed by atoms with Crippen LogP contribution in [-0.2, 0) is 11.1 Å². The van der Waals surface area contributed by atoms with Crippen molar-refractivity contribution in [2.24, 2.45) is 0 Å². The van der Waals surface area contributed by atoms with E-state index in [4.69, 9.17) is 4.52 Å². The summed E-state index contributed by atoms with van der Waals surface area (Å²) in [5.74, 6) is 0. The van der Waals surface area contributed by atoms with E-state index in [9.17, 15) is 0 Å². The molecule has 0 aliphatic rings. The Morgan fingerprint density at radius 1 is 1.62 bits per heavy atom. The Kier molecular flexibility index (Phi) is 9.13. The molecule has 3 nitrogen and oxygen atoms in total. The van der Waals surface area contributed by atoms with E-state index < -0.39 is 0 Å². The Labute approximate surface area is 94.6 Å². The van der Waals surface area contributed by atoms with Gasteiger partial charge in [0.15, 0.2) is 0 Å². The van der Waals surface area contributed by atoms with Crippen molar-refractivity contribution in [3.63, 3.8) is 0 Å². The molecule has 0 aliphatic carbocycles. The van der Waals surface area contributed by atoms with Gasteiger partial charge in [-0.05, 0) is 29.0 Å². The molecule has 1 rings (SSSR count). The molecule has 0 radical (unpaired) electrons. The van der Waals surface area contributed by atoms with E-state index in [1.165, 1.54) is 0 Å². The highest BCUT2D eigenvalue weighted by molar-refractivity contribution is 14.2. The van der Waals surface area contributed by atoms with Crippen LogP contribution in [0.4, 0.5) is 0 Å². The molecule has 1 unspecified atom stereocenters. The number of halogens is 1. The van der Waals surface area contributed by atoms with Gasteiger partial charge in [0.2, 0.25) is 0 Å². The SMILES string of the molecule is CC.Cc1cn(CCOPI)cn1. The summed E-state index contributed by atoms with van der Waals surface area (Å²) in [5, 5.41) is 0. The van der Waals surface area contributed by atoms with Crippen LogP contribution in [0.1, 0.15) is 19.5 Å². The van der Waals surface area contributed by atoms with Crippen LogP contribution in [0, 0.1) is 6.92 Å². The summed E-state index contributed by atoms with van der Waals surface area (Å²) in [6.45, 7) is 8.21. The van der Waals surface area contributed by atoms with Gasteiger partial charge < -0.3 is 9.09 Å². The zero-order valence-electron chi connectivity index (χ0n) is 8.25. The summed E-state index contributed by atoms with van der Waals surface area (Å²) in [7, 11) is 0. The van der Waals surface area contributed by atoms with Gasteiger partial charge in [0.25, 0.3) is 0 Å². The highest BCUT2D eigenvalue weighted by atomic mass is 127. The predicted octanol–water partition coefficient (Wildman–Crippen LogP) is 3.18. The molecular weight excluding hydrogens is 298 g/mol. The smallest absolute Gasteiger partial charge is 0.0950 e. The zero-order valence-corrected chi connectivity index (χ0v) is 11.4. The maximum absolute atomic E-state index is 5.21. The quantitative estimate of drug-likeness (QED) is 0.485. The molecule has 13 heavy (non-hydrogen) atoms. The van der Waals surface area contributed by atoms with Crippen molar-refractivity contribution in [1.29, 1.82) is 0 Å². The van der Waals surface area contributed by atoms with Crippen molar-refractivity contribution < 1.29 is 4.52 Å². The molecule has 1 heterocycles. The van der Waals surface area contributed by atoms with Gasteiger partial charge in [-0.1, -0.05) is 13.8 Å². The first-order chi connectivity index (χ1) is 6.33. The standard InChI is InChI=1S/C6H10IN2OP.C2H6/c1-6-4-9(5-8-6)2-3-10-11-7;1-2/h4-5,11H,2-3H2,1H3;1-2H3. The average molecular weight is 314 g/mol. The van der Waals surface area contributed by atoms with Gasteiger partial charge in [-0.15, -0.1) is 0 Å². The first-order valence-electron chi connectivity index (χ1n) is 4.28. The normalized spacial score (nSPS) is 10.2. The molecule has 0 spiro atoms. The van der Waals surface area contributed by atoms with Crippen molar-refractivity contribution >= 4 is 28.5 Å². The van der Waals surface area contributed by atoms with Crippen molar-refractivity contribution in [3.05, 3.63) is 18.2 Å². The first-order valence-corrected chi connectivity index (χ1v) is 8.31. The molecule has 0 bridgehead atoms. The number of nitrogens with zero attached hydrogens (tertiary/aromatic N) is 2. The third kappa shape index (κ3) is 6.41. The van der Waals surface area contributed by atoms with E-state index in [1.807, 2.05) is 37.9 Å². The molecule has 0 N–H and O–H groups in total. The van der Waals surface area contributed by atoms with Gasteiger partial charge in [-0.3, -0.25) is 0 Å². The van der Waals surface area contributed by atoms with Crippen LogP contribution >= 0.6 is 28.5 Å². The monoisotopic (exact) mass is 314 g/mol. The second-order valence-electron chi connectivity index (χ2n) is 2.18. The predicted molar refractivity (Wildman–Crippen MR) is 66.6 cm³/mol. The summed E-state index contributed by atoms with van der Waals surface area (Å²) in [6, 6.07) is 0. The molecule has 1 atom stereocenters. The van der Waals surface area contributed by atoms with Crippen LogP contribution in [0.15, 0.2) is 12.5 Å². The van der Waals surface area contributed by atoms with Gasteiger partial charge in [-0.2, -0.15) is 0 Å². The van der Waals surface area contributed by atoms with Gasteiger partial charge >= 0.3 is 0 Å². The van der Waals surface area contributed by atoms with E-state index in [2.05, 4.69) is 27.0 Å². The van der Waals surface area contributed by atoms with Crippen molar-refractivity contribution in [2.45, 2.75) is 27.3 Å². The average Bonchev–Trinajstić information content (AvgIpc) is 2.56. The van der Waals surface area contributed by atoms with E-state index in [-0.39, 0.29) is 0 Å². The van der Waals surface area contributed by atoms with Crippen molar-refractivity contribution in [3.8, 4) is 0 Å². The topological polar surface area (TPSA) is 27.1 Å². The Hall–Kier alpha value is 0.330. The molecule has 0 aliphatic heterocycles. The molecule has 0 amide bonds. The van der Waals surface area contributed by atoms with Crippen LogP contribution in [0.2, 0.25) is 0 Å². The van der Waals surface area contributed by atoms with Crippen LogP contribution in [-0.4, -0.2) is 16.2 Å². The first kappa shape index (κ1) is 13.3. The van der Waals surface area contributed by atoms with Crippen molar-refractivity contribution in [1.82, 2.24) is 9.55 Å². The Morgan fingerprint density at radius 3 is 2.77 bits per heavy atom. The van der Waals surface area contributed by atoms with E-state index in [0.717, 1.165) is 18.8 Å². The molecule has 0 fully saturated rings. The fraction of sp³-hybridized carbons (Fsp3) is 0.625. The lowest BCUT2D eigenvalue weighted by molar-refractivity contribution is 0.345. The third-order valence-corrected chi connectivity index (χ3v) is 2.52.